The second kappa shape index (κ2) is 6.40. The Balaban J connectivity index is 1.94. The SMILES string of the molecule is CCc1ccc(CNCc2ncncc2C(=O)O)s1. The fourth-order valence-electron chi connectivity index (χ4n) is 1.69. The third-order valence-corrected chi connectivity index (χ3v) is 3.91. The van der Waals surface area contributed by atoms with Crippen molar-refractivity contribution in [3.63, 3.8) is 0 Å². The van der Waals surface area contributed by atoms with Crippen molar-refractivity contribution in [1.82, 2.24) is 15.3 Å². The van der Waals surface area contributed by atoms with E-state index in [0.717, 1.165) is 6.42 Å². The Hall–Kier alpha value is -1.79. The van der Waals surface area contributed by atoms with Crippen LogP contribution in [-0.4, -0.2) is 21.0 Å². The van der Waals surface area contributed by atoms with Gasteiger partial charge in [-0.15, -0.1) is 11.3 Å². The lowest BCUT2D eigenvalue weighted by Crippen LogP contribution is -2.16. The quantitative estimate of drug-likeness (QED) is 0.845. The maximum Gasteiger partial charge on any atom is 0.339 e. The van der Waals surface area contributed by atoms with E-state index in [1.165, 1.54) is 22.3 Å². The van der Waals surface area contributed by atoms with Gasteiger partial charge in [0.05, 0.1) is 5.69 Å². The zero-order chi connectivity index (χ0) is 13.7. The molecule has 0 aliphatic rings. The highest BCUT2D eigenvalue weighted by Crippen LogP contribution is 2.16. The second-order valence-electron chi connectivity index (χ2n) is 4.01. The fourth-order valence-corrected chi connectivity index (χ4v) is 2.61. The topological polar surface area (TPSA) is 75.1 Å². The molecule has 0 atom stereocenters. The number of aryl methyl sites for hydroxylation is 1. The Bertz CT molecular complexity index is 569. The Labute approximate surface area is 115 Å². The van der Waals surface area contributed by atoms with Crippen LogP contribution in [0.4, 0.5) is 0 Å². The van der Waals surface area contributed by atoms with Gasteiger partial charge >= 0.3 is 5.97 Å². The molecule has 2 heterocycles. The Morgan fingerprint density at radius 2 is 2.16 bits per heavy atom. The van der Waals surface area contributed by atoms with E-state index < -0.39 is 5.97 Å². The minimum absolute atomic E-state index is 0.149. The number of hydrogen-bond acceptors (Lipinski definition) is 5. The van der Waals surface area contributed by atoms with Crippen molar-refractivity contribution in [2.24, 2.45) is 0 Å². The van der Waals surface area contributed by atoms with Crippen LogP contribution in [-0.2, 0) is 19.5 Å². The summed E-state index contributed by atoms with van der Waals surface area (Å²) in [5, 5.41) is 12.2. The zero-order valence-electron chi connectivity index (χ0n) is 10.6. The first-order chi connectivity index (χ1) is 9.20. The van der Waals surface area contributed by atoms with Crippen LogP contribution >= 0.6 is 11.3 Å². The second-order valence-corrected chi connectivity index (χ2v) is 5.27. The van der Waals surface area contributed by atoms with E-state index in [-0.39, 0.29) is 5.56 Å². The highest BCUT2D eigenvalue weighted by Gasteiger charge is 2.10. The van der Waals surface area contributed by atoms with Crippen LogP contribution in [0, 0.1) is 0 Å². The minimum Gasteiger partial charge on any atom is -0.478 e. The molecule has 19 heavy (non-hydrogen) atoms. The number of carboxylic acid groups (broad SMARTS) is 1. The van der Waals surface area contributed by atoms with Gasteiger partial charge in [0.1, 0.15) is 11.9 Å². The lowest BCUT2D eigenvalue weighted by atomic mass is 10.2. The van der Waals surface area contributed by atoms with E-state index in [1.54, 1.807) is 11.3 Å². The summed E-state index contributed by atoms with van der Waals surface area (Å²) >= 11 is 1.77. The van der Waals surface area contributed by atoms with E-state index in [9.17, 15) is 4.79 Å². The molecule has 5 nitrogen and oxygen atoms in total. The Morgan fingerprint density at radius 3 is 2.84 bits per heavy atom. The summed E-state index contributed by atoms with van der Waals surface area (Å²) in [5.41, 5.74) is 0.658. The van der Waals surface area contributed by atoms with Gasteiger partial charge in [-0.05, 0) is 18.6 Å². The molecule has 0 unspecified atom stereocenters. The van der Waals surface area contributed by atoms with Crippen LogP contribution in [0.2, 0.25) is 0 Å². The minimum atomic E-state index is -0.998. The van der Waals surface area contributed by atoms with Gasteiger partial charge in [0.25, 0.3) is 0 Å². The summed E-state index contributed by atoms with van der Waals surface area (Å²) < 4.78 is 0. The maximum atomic E-state index is 11.0. The summed E-state index contributed by atoms with van der Waals surface area (Å²) in [5.74, 6) is -0.998. The molecular formula is C13H15N3O2S. The van der Waals surface area contributed by atoms with E-state index >= 15 is 0 Å². The first-order valence-electron chi connectivity index (χ1n) is 6.01. The molecule has 0 amide bonds. The molecule has 6 heteroatoms. The van der Waals surface area contributed by atoms with E-state index in [4.69, 9.17) is 5.11 Å². The lowest BCUT2D eigenvalue weighted by Gasteiger charge is -2.05. The average molecular weight is 277 g/mol. The highest BCUT2D eigenvalue weighted by molar-refractivity contribution is 7.11. The van der Waals surface area contributed by atoms with Crippen LogP contribution in [0.3, 0.4) is 0 Å². The first-order valence-corrected chi connectivity index (χ1v) is 6.82. The molecule has 2 aromatic heterocycles. The monoisotopic (exact) mass is 277 g/mol. The molecule has 0 spiro atoms. The van der Waals surface area contributed by atoms with Crippen molar-refractivity contribution in [1.29, 1.82) is 0 Å². The van der Waals surface area contributed by atoms with Crippen molar-refractivity contribution in [2.45, 2.75) is 26.4 Å². The number of rotatable bonds is 6. The number of carboxylic acids is 1. The lowest BCUT2D eigenvalue weighted by molar-refractivity contribution is 0.0694. The number of hydrogen-bond donors (Lipinski definition) is 2. The number of carbonyl (C=O) groups is 1. The zero-order valence-corrected chi connectivity index (χ0v) is 11.4. The van der Waals surface area contributed by atoms with Crippen LogP contribution in [0.1, 0.15) is 32.7 Å². The predicted molar refractivity (Wildman–Crippen MR) is 73.2 cm³/mol. The first kappa shape index (κ1) is 13.6. The number of aromatic nitrogens is 2. The van der Waals surface area contributed by atoms with Crippen LogP contribution < -0.4 is 5.32 Å². The molecule has 0 fully saturated rings. The molecule has 0 saturated heterocycles. The van der Waals surface area contributed by atoms with Crippen molar-refractivity contribution in [2.75, 3.05) is 0 Å². The van der Waals surface area contributed by atoms with Crippen LogP contribution in [0.25, 0.3) is 0 Å². The molecule has 0 radical (unpaired) electrons. The Morgan fingerprint density at radius 1 is 1.37 bits per heavy atom. The van der Waals surface area contributed by atoms with E-state index in [1.807, 2.05) is 0 Å². The molecule has 0 saturated carbocycles. The fraction of sp³-hybridized carbons (Fsp3) is 0.308. The summed E-state index contributed by atoms with van der Waals surface area (Å²) in [6, 6.07) is 4.21. The van der Waals surface area contributed by atoms with Gasteiger partial charge in [-0.2, -0.15) is 0 Å². The number of aromatic carboxylic acids is 1. The predicted octanol–water partition coefficient (Wildman–Crippen LogP) is 2.09. The molecule has 0 aromatic carbocycles. The number of thiophene rings is 1. The average Bonchev–Trinajstić information content (AvgIpc) is 2.87. The molecule has 100 valence electrons. The summed E-state index contributed by atoms with van der Waals surface area (Å²) in [4.78, 5) is 21.3. The van der Waals surface area contributed by atoms with Gasteiger partial charge in [0, 0.05) is 29.0 Å². The number of nitrogens with one attached hydrogen (secondary N) is 1. The molecule has 2 N–H and O–H groups in total. The van der Waals surface area contributed by atoms with Crippen molar-refractivity contribution in [3.05, 3.63) is 45.7 Å². The summed E-state index contributed by atoms with van der Waals surface area (Å²) in [6.45, 7) is 3.26. The maximum absolute atomic E-state index is 11.0. The summed E-state index contributed by atoms with van der Waals surface area (Å²) in [6.07, 6.45) is 3.73. The normalized spacial score (nSPS) is 10.6. The molecule has 2 aromatic rings. The van der Waals surface area contributed by atoms with Crippen molar-refractivity contribution >= 4 is 17.3 Å². The largest absolute Gasteiger partial charge is 0.478 e. The van der Waals surface area contributed by atoms with E-state index in [0.29, 0.717) is 18.8 Å². The van der Waals surface area contributed by atoms with Gasteiger partial charge < -0.3 is 10.4 Å². The van der Waals surface area contributed by atoms with Gasteiger partial charge in [-0.3, -0.25) is 0 Å². The third-order valence-electron chi connectivity index (χ3n) is 2.68. The van der Waals surface area contributed by atoms with Crippen molar-refractivity contribution < 1.29 is 9.90 Å². The smallest absolute Gasteiger partial charge is 0.339 e. The van der Waals surface area contributed by atoms with Gasteiger partial charge in [0.15, 0.2) is 0 Å². The molecule has 2 rings (SSSR count). The molecular weight excluding hydrogens is 262 g/mol. The molecule has 0 aliphatic carbocycles. The van der Waals surface area contributed by atoms with Crippen LogP contribution in [0.15, 0.2) is 24.7 Å². The van der Waals surface area contributed by atoms with Gasteiger partial charge in [0.2, 0.25) is 0 Å². The van der Waals surface area contributed by atoms with Crippen LogP contribution in [0.5, 0.6) is 0 Å². The summed E-state index contributed by atoms with van der Waals surface area (Å²) in [7, 11) is 0. The molecule has 0 aliphatic heterocycles. The van der Waals surface area contributed by atoms with Gasteiger partial charge in [-0.25, -0.2) is 14.8 Å². The third kappa shape index (κ3) is 3.59. The molecule has 0 bridgehead atoms. The standard InChI is InChI=1S/C13H15N3O2S/c1-2-9-3-4-10(19-9)5-14-7-12-11(13(17)18)6-15-8-16-12/h3-4,6,8,14H,2,5,7H2,1H3,(H,17,18). The van der Waals surface area contributed by atoms with Crippen molar-refractivity contribution in [3.8, 4) is 0 Å². The van der Waals surface area contributed by atoms with E-state index in [2.05, 4.69) is 34.3 Å². The van der Waals surface area contributed by atoms with Gasteiger partial charge in [-0.1, -0.05) is 6.92 Å². The highest BCUT2D eigenvalue weighted by atomic mass is 32.1. The number of nitrogens with zero attached hydrogens (tertiary/aromatic N) is 2. The Kier molecular flexibility index (Phi) is 4.59.